The Bertz CT molecular complexity index is 1020. The van der Waals surface area contributed by atoms with E-state index in [0.29, 0.717) is 41.3 Å². The summed E-state index contributed by atoms with van der Waals surface area (Å²) >= 11 is 0. The molecule has 0 radical (unpaired) electrons. The molecule has 1 saturated heterocycles. The molecule has 3 N–H and O–H groups in total. The summed E-state index contributed by atoms with van der Waals surface area (Å²) in [4.78, 5) is 53.8. The van der Waals surface area contributed by atoms with Crippen molar-refractivity contribution in [2.24, 2.45) is 0 Å². The highest BCUT2D eigenvalue weighted by molar-refractivity contribution is 5.98. The highest BCUT2D eigenvalue weighted by Gasteiger charge is 2.25. The number of amides is 2. The average Bonchev–Trinajstić information content (AvgIpc) is 3.06. The Balaban J connectivity index is 1.71. The van der Waals surface area contributed by atoms with Gasteiger partial charge in [0.05, 0.1) is 12.8 Å². The van der Waals surface area contributed by atoms with Gasteiger partial charge in [0, 0.05) is 36.3 Å². The van der Waals surface area contributed by atoms with Gasteiger partial charge in [0.15, 0.2) is 0 Å². The molecular weight excluding hydrogens is 364 g/mol. The first-order valence-electron chi connectivity index (χ1n) is 8.99. The Morgan fingerprint density at radius 3 is 2.68 bits per heavy atom. The number of rotatable bonds is 6. The quantitative estimate of drug-likeness (QED) is 0.685. The fourth-order valence-electron chi connectivity index (χ4n) is 3.27. The number of carbonyl (C=O) groups excluding carboxylic acids is 2. The van der Waals surface area contributed by atoms with Gasteiger partial charge in [-0.3, -0.25) is 19.4 Å². The smallest absolute Gasteiger partial charge is 0.325 e. The molecule has 0 bridgehead atoms. The second-order valence-electron chi connectivity index (χ2n) is 6.60. The van der Waals surface area contributed by atoms with Crippen LogP contribution in [0.3, 0.4) is 0 Å². The van der Waals surface area contributed by atoms with Crippen molar-refractivity contribution in [3.05, 3.63) is 50.3 Å². The molecule has 1 fully saturated rings. The normalized spacial score (nSPS) is 13.6. The number of nitrogens with one attached hydrogen (secondary N) is 3. The van der Waals surface area contributed by atoms with Gasteiger partial charge >= 0.3 is 5.69 Å². The third kappa shape index (κ3) is 4.13. The maximum Gasteiger partial charge on any atom is 0.325 e. The van der Waals surface area contributed by atoms with Crippen LogP contribution in [-0.2, 0) is 16.0 Å². The van der Waals surface area contributed by atoms with Crippen LogP contribution in [0, 0.1) is 6.92 Å². The highest BCUT2D eigenvalue weighted by atomic mass is 16.5. The van der Waals surface area contributed by atoms with Gasteiger partial charge in [0.1, 0.15) is 5.75 Å². The fraction of sp³-hybridized carbons (Fsp3) is 0.368. The number of hydrogen-bond donors (Lipinski definition) is 3. The maximum absolute atomic E-state index is 12.3. The summed E-state index contributed by atoms with van der Waals surface area (Å²) in [7, 11) is 1.53. The third-order valence-corrected chi connectivity index (χ3v) is 4.68. The lowest BCUT2D eigenvalue weighted by Crippen LogP contribution is -2.27. The lowest BCUT2D eigenvalue weighted by atomic mass is 10.1. The summed E-state index contributed by atoms with van der Waals surface area (Å²) in [6, 6.07) is 5.10. The standard InChI is InChI=1S/C19H22N4O5/c1-11-13(18(26)22-19(27)20-11)6-8-16(24)21-12-5-7-15(28-2)14(10-12)23-9-3-4-17(23)25/h5,7,10H,3-4,6,8-9H2,1-2H3,(H,21,24)(H2,20,22,26,27). The summed E-state index contributed by atoms with van der Waals surface area (Å²) in [5, 5.41) is 2.78. The van der Waals surface area contributed by atoms with Crippen LogP contribution in [0.1, 0.15) is 30.5 Å². The molecule has 2 aromatic rings. The van der Waals surface area contributed by atoms with E-state index in [1.807, 2.05) is 0 Å². The van der Waals surface area contributed by atoms with Gasteiger partial charge < -0.3 is 19.9 Å². The molecule has 1 aromatic heterocycles. The minimum Gasteiger partial charge on any atom is -0.495 e. The lowest BCUT2D eigenvalue weighted by Gasteiger charge is -2.20. The van der Waals surface area contributed by atoms with Crippen LogP contribution >= 0.6 is 0 Å². The molecule has 0 atom stereocenters. The van der Waals surface area contributed by atoms with Crippen molar-refractivity contribution in [2.75, 3.05) is 23.9 Å². The zero-order valence-electron chi connectivity index (χ0n) is 15.8. The number of H-pyrrole nitrogens is 2. The summed E-state index contributed by atoms with van der Waals surface area (Å²) in [6.45, 7) is 2.23. The van der Waals surface area contributed by atoms with E-state index in [4.69, 9.17) is 4.74 Å². The molecule has 1 aromatic carbocycles. The molecule has 1 aliphatic rings. The van der Waals surface area contributed by atoms with Crippen LogP contribution in [0.25, 0.3) is 0 Å². The molecule has 0 spiro atoms. The van der Waals surface area contributed by atoms with Crippen molar-refractivity contribution in [3.8, 4) is 5.75 Å². The van der Waals surface area contributed by atoms with Gasteiger partial charge in [-0.15, -0.1) is 0 Å². The van der Waals surface area contributed by atoms with E-state index in [1.54, 1.807) is 30.0 Å². The number of carbonyl (C=O) groups is 2. The Morgan fingerprint density at radius 2 is 2.04 bits per heavy atom. The van der Waals surface area contributed by atoms with Crippen LogP contribution in [0.5, 0.6) is 5.75 Å². The van der Waals surface area contributed by atoms with E-state index in [0.717, 1.165) is 6.42 Å². The first-order chi connectivity index (χ1) is 13.4. The summed E-state index contributed by atoms with van der Waals surface area (Å²) in [5.41, 5.74) is 0.906. The second-order valence-corrected chi connectivity index (χ2v) is 6.60. The zero-order chi connectivity index (χ0) is 20.3. The molecule has 0 aliphatic carbocycles. The van der Waals surface area contributed by atoms with Crippen molar-refractivity contribution in [1.29, 1.82) is 0 Å². The SMILES string of the molecule is COc1ccc(NC(=O)CCc2c(C)[nH]c(=O)[nH]c2=O)cc1N1CCCC1=O. The van der Waals surface area contributed by atoms with Gasteiger partial charge in [0.2, 0.25) is 11.8 Å². The van der Waals surface area contributed by atoms with Crippen LogP contribution in [0.2, 0.25) is 0 Å². The Hall–Kier alpha value is -3.36. The highest BCUT2D eigenvalue weighted by Crippen LogP contribution is 2.34. The number of aryl methyl sites for hydroxylation is 1. The molecule has 0 saturated carbocycles. The van der Waals surface area contributed by atoms with Gasteiger partial charge in [-0.1, -0.05) is 0 Å². The van der Waals surface area contributed by atoms with E-state index in [1.165, 1.54) is 7.11 Å². The third-order valence-electron chi connectivity index (χ3n) is 4.68. The van der Waals surface area contributed by atoms with Gasteiger partial charge in [-0.05, 0) is 38.0 Å². The summed E-state index contributed by atoms with van der Waals surface area (Å²) in [6.07, 6.45) is 1.54. The summed E-state index contributed by atoms with van der Waals surface area (Å²) < 4.78 is 5.33. The molecule has 28 heavy (non-hydrogen) atoms. The molecular formula is C19H22N4O5. The molecule has 148 valence electrons. The van der Waals surface area contributed by atoms with E-state index < -0.39 is 11.2 Å². The van der Waals surface area contributed by atoms with Gasteiger partial charge in [0.25, 0.3) is 5.56 Å². The van der Waals surface area contributed by atoms with E-state index in [-0.39, 0.29) is 24.7 Å². The molecule has 0 unspecified atom stereocenters. The lowest BCUT2D eigenvalue weighted by molar-refractivity contribution is -0.117. The molecule has 2 heterocycles. The van der Waals surface area contributed by atoms with Crippen LogP contribution in [-0.4, -0.2) is 35.4 Å². The average molecular weight is 386 g/mol. The van der Waals surface area contributed by atoms with Crippen LogP contribution < -0.4 is 26.2 Å². The number of hydrogen-bond acceptors (Lipinski definition) is 5. The van der Waals surface area contributed by atoms with Crippen molar-refractivity contribution in [1.82, 2.24) is 9.97 Å². The Morgan fingerprint density at radius 1 is 1.25 bits per heavy atom. The van der Waals surface area contributed by atoms with Gasteiger partial charge in [-0.2, -0.15) is 0 Å². The number of methoxy groups -OCH3 is 1. The Kier molecular flexibility index (Phi) is 5.62. The first-order valence-corrected chi connectivity index (χ1v) is 8.99. The molecule has 3 rings (SSSR count). The predicted octanol–water partition coefficient (Wildman–Crippen LogP) is 1.08. The van der Waals surface area contributed by atoms with Crippen molar-refractivity contribution in [3.63, 3.8) is 0 Å². The molecule has 9 nitrogen and oxygen atoms in total. The number of benzene rings is 1. The van der Waals surface area contributed by atoms with Crippen molar-refractivity contribution < 1.29 is 14.3 Å². The number of aromatic amines is 2. The molecule has 9 heteroatoms. The fourth-order valence-corrected chi connectivity index (χ4v) is 3.27. The van der Waals surface area contributed by atoms with E-state index in [9.17, 15) is 19.2 Å². The predicted molar refractivity (Wildman–Crippen MR) is 104 cm³/mol. The zero-order valence-corrected chi connectivity index (χ0v) is 15.8. The maximum atomic E-state index is 12.3. The van der Waals surface area contributed by atoms with Crippen molar-refractivity contribution >= 4 is 23.2 Å². The molecule has 1 aliphatic heterocycles. The van der Waals surface area contributed by atoms with Crippen molar-refractivity contribution in [2.45, 2.75) is 32.6 Å². The number of nitrogens with zero attached hydrogens (tertiary/aromatic N) is 1. The number of anilines is 2. The largest absolute Gasteiger partial charge is 0.495 e. The number of ether oxygens (including phenoxy) is 1. The first kappa shape index (κ1) is 19.4. The minimum atomic E-state index is -0.571. The van der Waals surface area contributed by atoms with E-state index >= 15 is 0 Å². The second kappa shape index (κ2) is 8.12. The molecule has 2 amide bonds. The monoisotopic (exact) mass is 386 g/mol. The topological polar surface area (TPSA) is 124 Å². The van der Waals surface area contributed by atoms with E-state index in [2.05, 4.69) is 15.3 Å². The van der Waals surface area contributed by atoms with Crippen LogP contribution in [0.15, 0.2) is 27.8 Å². The Labute approximate surface area is 160 Å². The summed E-state index contributed by atoms with van der Waals surface area (Å²) in [5.74, 6) is 0.298. The minimum absolute atomic E-state index is 0.0227. The van der Waals surface area contributed by atoms with Gasteiger partial charge in [-0.25, -0.2) is 4.79 Å². The number of aromatic nitrogens is 2. The van der Waals surface area contributed by atoms with Crippen LogP contribution in [0.4, 0.5) is 11.4 Å².